The smallest absolute Gasteiger partial charge is 0.259 e. The van der Waals surface area contributed by atoms with Gasteiger partial charge < -0.3 is 5.11 Å². The molecule has 14 heavy (non-hydrogen) atoms. The monoisotopic (exact) mass is 210 g/mol. The van der Waals surface area contributed by atoms with Gasteiger partial charge in [0.1, 0.15) is 0 Å². The van der Waals surface area contributed by atoms with Crippen LogP contribution in [0.3, 0.4) is 0 Å². The lowest BCUT2D eigenvalue weighted by molar-refractivity contribution is 0.283. The standard InChI is InChI=1S/C9H7ClN2O2/c10-9-11-7-5(4-13)2-1-3-6(7)8(14)12-9/h1-3,13H,4H2,(H,11,12,14). The van der Waals surface area contributed by atoms with Crippen molar-refractivity contribution in [2.45, 2.75) is 6.61 Å². The summed E-state index contributed by atoms with van der Waals surface area (Å²) in [6, 6.07) is 5.03. The molecule has 2 rings (SSSR count). The highest BCUT2D eigenvalue weighted by Crippen LogP contribution is 2.14. The van der Waals surface area contributed by atoms with E-state index in [0.717, 1.165) is 0 Å². The molecule has 0 radical (unpaired) electrons. The number of rotatable bonds is 1. The van der Waals surface area contributed by atoms with E-state index in [-0.39, 0.29) is 17.4 Å². The van der Waals surface area contributed by atoms with Gasteiger partial charge >= 0.3 is 0 Å². The van der Waals surface area contributed by atoms with Gasteiger partial charge in [0, 0.05) is 5.56 Å². The Balaban J connectivity index is 2.94. The van der Waals surface area contributed by atoms with Crippen molar-refractivity contribution in [3.8, 4) is 0 Å². The highest BCUT2D eigenvalue weighted by molar-refractivity contribution is 6.28. The lowest BCUT2D eigenvalue weighted by Crippen LogP contribution is -2.08. The average Bonchev–Trinajstić information content (AvgIpc) is 2.17. The van der Waals surface area contributed by atoms with Gasteiger partial charge in [-0.1, -0.05) is 12.1 Å². The van der Waals surface area contributed by atoms with Crippen molar-refractivity contribution in [1.82, 2.24) is 9.97 Å². The molecule has 0 bridgehead atoms. The first kappa shape index (κ1) is 9.18. The molecule has 2 N–H and O–H groups in total. The van der Waals surface area contributed by atoms with Crippen LogP contribution in [0.5, 0.6) is 0 Å². The molecule has 0 unspecified atom stereocenters. The van der Waals surface area contributed by atoms with E-state index in [2.05, 4.69) is 9.97 Å². The molecular formula is C9H7ClN2O2. The van der Waals surface area contributed by atoms with E-state index in [4.69, 9.17) is 16.7 Å². The predicted octanol–water partition coefficient (Wildman–Crippen LogP) is 1.07. The Labute approximate surface area is 84.2 Å². The maximum Gasteiger partial charge on any atom is 0.259 e. The number of halogens is 1. The molecule has 0 aliphatic heterocycles. The molecule has 2 aromatic rings. The topological polar surface area (TPSA) is 66.0 Å². The molecule has 1 aromatic heterocycles. The Morgan fingerprint density at radius 1 is 1.50 bits per heavy atom. The van der Waals surface area contributed by atoms with E-state index >= 15 is 0 Å². The number of aromatic nitrogens is 2. The molecule has 0 amide bonds. The summed E-state index contributed by atoms with van der Waals surface area (Å²) in [7, 11) is 0. The van der Waals surface area contributed by atoms with Gasteiger partial charge in [-0.25, -0.2) is 4.98 Å². The highest BCUT2D eigenvalue weighted by Gasteiger charge is 2.05. The lowest BCUT2D eigenvalue weighted by atomic mass is 10.1. The molecule has 5 heteroatoms. The fourth-order valence-corrected chi connectivity index (χ4v) is 1.49. The average molecular weight is 211 g/mol. The van der Waals surface area contributed by atoms with Crippen LogP contribution in [-0.4, -0.2) is 15.1 Å². The van der Waals surface area contributed by atoms with Crippen LogP contribution in [0.4, 0.5) is 0 Å². The summed E-state index contributed by atoms with van der Waals surface area (Å²) >= 11 is 5.60. The van der Waals surface area contributed by atoms with Crippen LogP contribution in [0, 0.1) is 0 Å². The minimum absolute atomic E-state index is 0.0309. The molecule has 0 atom stereocenters. The number of fused-ring (bicyclic) bond motifs is 1. The van der Waals surface area contributed by atoms with E-state index in [1.165, 1.54) is 0 Å². The first-order valence-corrected chi connectivity index (χ1v) is 4.38. The molecule has 0 spiro atoms. The second-order valence-corrected chi connectivity index (χ2v) is 3.19. The maximum atomic E-state index is 11.4. The molecule has 1 aromatic carbocycles. The van der Waals surface area contributed by atoms with E-state index in [9.17, 15) is 4.79 Å². The second-order valence-electron chi connectivity index (χ2n) is 2.83. The number of H-pyrrole nitrogens is 1. The number of nitrogens with zero attached hydrogens (tertiary/aromatic N) is 1. The molecule has 72 valence electrons. The number of aliphatic hydroxyl groups excluding tert-OH is 1. The Kier molecular flexibility index (Phi) is 2.23. The number of nitrogens with one attached hydrogen (secondary N) is 1. The summed E-state index contributed by atoms with van der Waals surface area (Å²) in [5.41, 5.74) is 0.745. The maximum absolute atomic E-state index is 11.4. The van der Waals surface area contributed by atoms with Gasteiger partial charge in [-0.15, -0.1) is 0 Å². The van der Waals surface area contributed by atoms with Gasteiger partial charge in [-0.3, -0.25) is 9.78 Å². The van der Waals surface area contributed by atoms with Crippen molar-refractivity contribution < 1.29 is 5.11 Å². The van der Waals surface area contributed by atoms with Crippen molar-refractivity contribution in [3.63, 3.8) is 0 Å². The van der Waals surface area contributed by atoms with Crippen molar-refractivity contribution in [2.24, 2.45) is 0 Å². The van der Waals surface area contributed by atoms with Crippen LogP contribution in [0.1, 0.15) is 5.56 Å². The number of hydrogen-bond acceptors (Lipinski definition) is 3. The fourth-order valence-electron chi connectivity index (χ4n) is 1.32. The Hall–Kier alpha value is -1.39. The van der Waals surface area contributed by atoms with Crippen LogP contribution < -0.4 is 5.56 Å². The van der Waals surface area contributed by atoms with Gasteiger partial charge in [0.2, 0.25) is 5.28 Å². The zero-order chi connectivity index (χ0) is 10.1. The minimum Gasteiger partial charge on any atom is -0.392 e. The van der Waals surface area contributed by atoms with E-state index in [0.29, 0.717) is 16.5 Å². The molecule has 0 aliphatic carbocycles. The van der Waals surface area contributed by atoms with Crippen molar-refractivity contribution in [3.05, 3.63) is 39.4 Å². The number of aliphatic hydroxyl groups is 1. The Bertz CT molecular complexity index is 536. The first-order valence-electron chi connectivity index (χ1n) is 4.00. The van der Waals surface area contributed by atoms with Gasteiger partial charge in [0.05, 0.1) is 17.5 Å². The molecule has 0 aliphatic rings. The quantitative estimate of drug-likeness (QED) is 0.692. The van der Waals surface area contributed by atoms with Crippen LogP contribution in [0.15, 0.2) is 23.0 Å². The minimum atomic E-state index is -0.296. The third-order valence-corrected chi connectivity index (χ3v) is 2.14. The van der Waals surface area contributed by atoms with Gasteiger partial charge in [0.25, 0.3) is 5.56 Å². The van der Waals surface area contributed by atoms with Gasteiger partial charge in [-0.2, -0.15) is 0 Å². The number of para-hydroxylation sites is 1. The zero-order valence-electron chi connectivity index (χ0n) is 7.12. The first-order chi connectivity index (χ1) is 6.72. The van der Waals surface area contributed by atoms with Gasteiger partial charge in [-0.05, 0) is 17.7 Å². The zero-order valence-corrected chi connectivity index (χ0v) is 7.88. The number of hydrogen-bond donors (Lipinski definition) is 2. The summed E-state index contributed by atoms with van der Waals surface area (Å²) in [5, 5.41) is 9.48. The highest BCUT2D eigenvalue weighted by atomic mass is 35.5. The summed E-state index contributed by atoms with van der Waals surface area (Å²) in [5.74, 6) is 0. The van der Waals surface area contributed by atoms with E-state index in [1.54, 1.807) is 18.2 Å². The lowest BCUT2D eigenvalue weighted by Gasteiger charge is -2.01. The van der Waals surface area contributed by atoms with Crippen molar-refractivity contribution in [2.75, 3.05) is 0 Å². The molecule has 0 saturated carbocycles. The predicted molar refractivity (Wildman–Crippen MR) is 53.3 cm³/mol. The van der Waals surface area contributed by atoms with Crippen LogP contribution in [-0.2, 0) is 6.61 Å². The van der Waals surface area contributed by atoms with Crippen LogP contribution >= 0.6 is 11.6 Å². The van der Waals surface area contributed by atoms with Crippen molar-refractivity contribution >= 4 is 22.5 Å². The molecule has 0 fully saturated rings. The third kappa shape index (κ3) is 1.38. The van der Waals surface area contributed by atoms with Crippen LogP contribution in [0.2, 0.25) is 5.28 Å². The summed E-state index contributed by atoms with van der Waals surface area (Å²) in [6.45, 7) is -0.163. The molecule has 4 nitrogen and oxygen atoms in total. The summed E-state index contributed by atoms with van der Waals surface area (Å²) in [6.07, 6.45) is 0. The van der Waals surface area contributed by atoms with Crippen LogP contribution in [0.25, 0.3) is 10.9 Å². The SMILES string of the molecule is O=c1[nH]c(Cl)nc2c(CO)cccc12. The molecular weight excluding hydrogens is 204 g/mol. The van der Waals surface area contributed by atoms with Crippen molar-refractivity contribution in [1.29, 1.82) is 0 Å². The Morgan fingerprint density at radius 3 is 3.00 bits per heavy atom. The summed E-state index contributed by atoms with van der Waals surface area (Å²) < 4.78 is 0. The van der Waals surface area contributed by atoms with Gasteiger partial charge in [0.15, 0.2) is 0 Å². The molecule has 0 saturated heterocycles. The Morgan fingerprint density at radius 2 is 2.29 bits per heavy atom. The largest absolute Gasteiger partial charge is 0.392 e. The van der Waals surface area contributed by atoms with E-state index in [1.807, 2.05) is 0 Å². The third-order valence-electron chi connectivity index (χ3n) is 1.96. The number of aromatic amines is 1. The second kappa shape index (κ2) is 3.40. The fraction of sp³-hybridized carbons (Fsp3) is 0.111. The molecule has 1 heterocycles. The van der Waals surface area contributed by atoms with E-state index < -0.39 is 0 Å². The number of benzene rings is 1. The normalized spacial score (nSPS) is 10.7. The summed E-state index contributed by atoms with van der Waals surface area (Å²) in [4.78, 5) is 17.7.